The molecule has 0 unspecified atom stereocenters. The molecule has 0 atom stereocenters. The molecular formula is C24H27N3O. The number of carbonyl (C=O) groups excluding carboxylic acids is 1. The van der Waals surface area contributed by atoms with Gasteiger partial charge in [-0.1, -0.05) is 36.4 Å². The topological polar surface area (TPSA) is 36.4 Å². The summed E-state index contributed by atoms with van der Waals surface area (Å²) in [4.78, 5) is 21.8. The smallest absolute Gasteiger partial charge is 0.260 e. The molecule has 1 heterocycles. The number of hydrogen-bond acceptors (Lipinski definition) is 3. The zero-order valence-corrected chi connectivity index (χ0v) is 16.8. The average molecular weight is 374 g/mol. The first-order chi connectivity index (χ1) is 13.6. The normalized spacial score (nSPS) is 10.5. The molecule has 0 spiro atoms. The maximum atomic E-state index is 13.3. The Morgan fingerprint density at radius 2 is 1.57 bits per heavy atom. The van der Waals surface area contributed by atoms with E-state index in [1.165, 1.54) is 5.69 Å². The van der Waals surface area contributed by atoms with Crippen molar-refractivity contribution in [2.45, 2.75) is 27.3 Å². The fraction of sp³-hybridized carbons (Fsp3) is 0.250. The van der Waals surface area contributed by atoms with Gasteiger partial charge in [-0.15, -0.1) is 0 Å². The van der Waals surface area contributed by atoms with Crippen LogP contribution >= 0.6 is 0 Å². The molecule has 0 aliphatic heterocycles. The molecule has 0 saturated heterocycles. The molecule has 28 heavy (non-hydrogen) atoms. The van der Waals surface area contributed by atoms with Gasteiger partial charge >= 0.3 is 0 Å². The highest BCUT2D eigenvalue weighted by molar-refractivity contribution is 6.06. The van der Waals surface area contributed by atoms with Crippen LogP contribution in [0.5, 0.6) is 0 Å². The number of anilines is 2. The van der Waals surface area contributed by atoms with Crippen LogP contribution in [0.25, 0.3) is 0 Å². The molecule has 0 aliphatic carbocycles. The van der Waals surface area contributed by atoms with E-state index in [9.17, 15) is 4.79 Å². The summed E-state index contributed by atoms with van der Waals surface area (Å²) in [7, 11) is 0. The Labute approximate surface area is 167 Å². The number of carbonyl (C=O) groups is 1. The molecule has 144 valence electrons. The van der Waals surface area contributed by atoms with Gasteiger partial charge < -0.3 is 4.90 Å². The van der Waals surface area contributed by atoms with Crippen LogP contribution in [0.15, 0.2) is 72.9 Å². The molecule has 4 heteroatoms. The second kappa shape index (κ2) is 9.18. The Kier molecular flexibility index (Phi) is 6.43. The minimum Gasteiger partial charge on any atom is -0.372 e. The summed E-state index contributed by atoms with van der Waals surface area (Å²) in [5.74, 6) is 0.619. The van der Waals surface area contributed by atoms with E-state index in [0.29, 0.717) is 17.9 Å². The van der Waals surface area contributed by atoms with Gasteiger partial charge in [0.15, 0.2) is 0 Å². The Morgan fingerprint density at radius 1 is 0.893 bits per heavy atom. The molecule has 0 N–H and O–H groups in total. The maximum Gasteiger partial charge on any atom is 0.260 e. The van der Waals surface area contributed by atoms with Crippen molar-refractivity contribution in [3.63, 3.8) is 0 Å². The van der Waals surface area contributed by atoms with Crippen molar-refractivity contribution in [1.82, 2.24) is 4.98 Å². The van der Waals surface area contributed by atoms with Gasteiger partial charge in [0.1, 0.15) is 5.82 Å². The molecule has 0 aliphatic rings. The van der Waals surface area contributed by atoms with Gasteiger partial charge in [0.25, 0.3) is 5.91 Å². The maximum absolute atomic E-state index is 13.3. The van der Waals surface area contributed by atoms with Crippen molar-refractivity contribution < 1.29 is 4.79 Å². The molecule has 0 saturated carbocycles. The number of pyridine rings is 1. The van der Waals surface area contributed by atoms with Crippen molar-refractivity contribution in [2.24, 2.45) is 0 Å². The molecule has 1 aromatic heterocycles. The van der Waals surface area contributed by atoms with Crippen LogP contribution in [0.2, 0.25) is 0 Å². The summed E-state index contributed by atoms with van der Waals surface area (Å²) in [6.07, 6.45) is 1.72. The van der Waals surface area contributed by atoms with Gasteiger partial charge in [0.2, 0.25) is 0 Å². The number of amides is 1. The minimum atomic E-state index is -0.0374. The van der Waals surface area contributed by atoms with Crippen LogP contribution < -0.4 is 9.80 Å². The van der Waals surface area contributed by atoms with Gasteiger partial charge in [-0.2, -0.15) is 0 Å². The lowest BCUT2D eigenvalue weighted by atomic mass is 10.1. The van der Waals surface area contributed by atoms with Crippen molar-refractivity contribution in [1.29, 1.82) is 0 Å². The van der Waals surface area contributed by atoms with Gasteiger partial charge in [-0.3, -0.25) is 9.69 Å². The molecule has 3 aromatic rings. The highest BCUT2D eigenvalue weighted by atomic mass is 16.2. The lowest BCUT2D eigenvalue weighted by molar-refractivity contribution is 0.0983. The summed E-state index contributed by atoms with van der Waals surface area (Å²) in [6, 6.07) is 21.7. The number of aromatic nitrogens is 1. The molecule has 0 fully saturated rings. The second-order valence-electron chi connectivity index (χ2n) is 6.73. The van der Waals surface area contributed by atoms with E-state index in [4.69, 9.17) is 0 Å². The molecular weight excluding hydrogens is 346 g/mol. The van der Waals surface area contributed by atoms with Crippen LogP contribution in [-0.4, -0.2) is 24.0 Å². The number of hydrogen-bond donors (Lipinski definition) is 0. The number of nitrogens with zero attached hydrogens (tertiary/aromatic N) is 3. The third-order valence-electron chi connectivity index (χ3n) is 4.95. The van der Waals surface area contributed by atoms with Crippen molar-refractivity contribution in [3.8, 4) is 0 Å². The van der Waals surface area contributed by atoms with Crippen LogP contribution in [0.4, 0.5) is 11.5 Å². The van der Waals surface area contributed by atoms with E-state index in [0.717, 1.165) is 24.2 Å². The van der Waals surface area contributed by atoms with Crippen LogP contribution in [-0.2, 0) is 6.54 Å². The Morgan fingerprint density at radius 3 is 2.18 bits per heavy atom. The van der Waals surface area contributed by atoms with E-state index in [-0.39, 0.29) is 5.91 Å². The molecule has 0 bridgehead atoms. The summed E-state index contributed by atoms with van der Waals surface area (Å²) in [5, 5.41) is 0. The standard InChI is InChI=1S/C24H27N3O/c1-4-26(5-2)21-15-13-20(14-16-21)18-27(23-12-8-9-17-25-23)24(28)22-11-7-6-10-19(22)3/h6-17H,4-5,18H2,1-3H3. The fourth-order valence-electron chi connectivity index (χ4n) is 3.31. The molecule has 1 amide bonds. The molecule has 2 aromatic carbocycles. The first-order valence-corrected chi connectivity index (χ1v) is 9.76. The predicted molar refractivity (Wildman–Crippen MR) is 116 cm³/mol. The summed E-state index contributed by atoms with van der Waals surface area (Å²) >= 11 is 0. The largest absolute Gasteiger partial charge is 0.372 e. The number of aryl methyl sites for hydroxylation is 1. The third-order valence-corrected chi connectivity index (χ3v) is 4.95. The van der Waals surface area contributed by atoms with Crippen molar-refractivity contribution >= 4 is 17.4 Å². The Hall–Kier alpha value is -3.14. The third kappa shape index (κ3) is 4.39. The van der Waals surface area contributed by atoms with Crippen LogP contribution in [0, 0.1) is 6.92 Å². The lowest BCUT2D eigenvalue weighted by Crippen LogP contribution is -2.31. The molecule has 4 nitrogen and oxygen atoms in total. The monoisotopic (exact) mass is 373 g/mol. The summed E-state index contributed by atoms with van der Waals surface area (Å²) < 4.78 is 0. The summed E-state index contributed by atoms with van der Waals surface area (Å²) in [6.45, 7) is 8.69. The van der Waals surface area contributed by atoms with Gasteiger partial charge in [-0.25, -0.2) is 4.98 Å². The first kappa shape index (κ1) is 19.6. The SMILES string of the molecule is CCN(CC)c1ccc(CN(C(=O)c2ccccc2C)c2ccccn2)cc1. The highest BCUT2D eigenvalue weighted by Gasteiger charge is 2.20. The fourth-order valence-corrected chi connectivity index (χ4v) is 3.31. The van der Waals surface area contributed by atoms with Crippen molar-refractivity contribution in [2.75, 3.05) is 22.9 Å². The van der Waals surface area contributed by atoms with Gasteiger partial charge in [-0.05, 0) is 62.2 Å². The van der Waals surface area contributed by atoms with Crippen LogP contribution in [0.3, 0.4) is 0 Å². The lowest BCUT2D eigenvalue weighted by Gasteiger charge is -2.24. The van der Waals surface area contributed by atoms with E-state index in [2.05, 4.69) is 48.0 Å². The van der Waals surface area contributed by atoms with Crippen LogP contribution in [0.1, 0.15) is 35.3 Å². The Bertz CT molecular complexity index is 903. The number of rotatable bonds is 7. The zero-order chi connectivity index (χ0) is 19.9. The average Bonchev–Trinajstić information content (AvgIpc) is 2.74. The van der Waals surface area contributed by atoms with Gasteiger partial charge in [0, 0.05) is 30.5 Å². The van der Waals surface area contributed by atoms with E-state index >= 15 is 0 Å². The van der Waals surface area contributed by atoms with E-state index < -0.39 is 0 Å². The van der Waals surface area contributed by atoms with Crippen molar-refractivity contribution in [3.05, 3.63) is 89.6 Å². The molecule has 0 radical (unpaired) electrons. The Balaban J connectivity index is 1.90. The second-order valence-corrected chi connectivity index (χ2v) is 6.73. The highest BCUT2D eigenvalue weighted by Crippen LogP contribution is 2.21. The number of benzene rings is 2. The minimum absolute atomic E-state index is 0.0374. The van der Waals surface area contributed by atoms with Gasteiger partial charge in [0.05, 0.1) is 6.54 Å². The summed E-state index contributed by atoms with van der Waals surface area (Å²) in [5.41, 5.74) is 3.94. The molecule has 3 rings (SSSR count). The van der Waals surface area contributed by atoms with E-state index in [1.807, 2.05) is 49.4 Å². The van der Waals surface area contributed by atoms with E-state index in [1.54, 1.807) is 11.1 Å². The zero-order valence-electron chi connectivity index (χ0n) is 16.8. The quantitative estimate of drug-likeness (QED) is 0.579. The first-order valence-electron chi connectivity index (χ1n) is 9.76. The predicted octanol–water partition coefficient (Wildman–Crippen LogP) is 5.08.